The third-order valence-electron chi connectivity index (χ3n) is 2.77. The lowest BCUT2D eigenvalue weighted by atomic mass is 10.2. The summed E-state index contributed by atoms with van der Waals surface area (Å²) in [5, 5.41) is 9.97. The number of anilines is 1. The molecule has 0 radical (unpaired) electrons. The molecule has 2 rings (SSSR count). The summed E-state index contributed by atoms with van der Waals surface area (Å²) >= 11 is 0. The van der Waals surface area contributed by atoms with Crippen LogP contribution in [0.25, 0.3) is 0 Å². The Labute approximate surface area is 106 Å². The highest BCUT2D eigenvalue weighted by atomic mass is 16.1. The molecule has 0 aliphatic heterocycles. The van der Waals surface area contributed by atoms with Gasteiger partial charge in [-0.3, -0.25) is 9.48 Å². The Kier molecular flexibility index (Phi) is 3.62. The van der Waals surface area contributed by atoms with Gasteiger partial charge >= 0.3 is 0 Å². The first-order valence-corrected chi connectivity index (χ1v) is 5.73. The van der Waals surface area contributed by atoms with E-state index in [1.165, 1.54) is 0 Å². The highest BCUT2D eigenvalue weighted by molar-refractivity contribution is 5.94. The zero-order chi connectivity index (χ0) is 13.0. The van der Waals surface area contributed by atoms with Gasteiger partial charge < -0.3 is 10.6 Å². The van der Waals surface area contributed by atoms with Gasteiger partial charge in [-0.1, -0.05) is 0 Å². The van der Waals surface area contributed by atoms with Gasteiger partial charge in [0.25, 0.3) is 5.91 Å². The van der Waals surface area contributed by atoms with Crippen LogP contribution in [0.5, 0.6) is 0 Å². The molecule has 5 heteroatoms. The predicted octanol–water partition coefficient (Wildman–Crippen LogP) is 1.39. The summed E-state index contributed by atoms with van der Waals surface area (Å²) in [5.41, 5.74) is 2.73. The lowest BCUT2D eigenvalue weighted by Gasteiger charge is -2.07. The molecule has 0 unspecified atom stereocenters. The van der Waals surface area contributed by atoms with E-state index in [1.54, 1.807) is 25.4 Å². The van der Waals surface area contributed by atoms with Crippen molar-refractivity contribution < 1.29 is 4.79 Å². The van der Waals surface area contributed by atoms with Crippen molar-refractivity contribution in [2.75, 3.05) is 12.4 Å². The molecule has 18 heavy (non-hydrogen) atoms. The summed E-state index contributed by atoms with van der Waals surface area (Å²) in [4.78, 5) is 11.4. The first-order chi connectivity index (χ1) is 8.70. The van der Waals surface area contributed by atoms with Gasteiger partial charge in [-0.05, 0) is 30.3 Å². The van der Waals surface area contributed by atoms with Crippen molar-refractivity contribution in [3.63, 3.8) is 0 Å². The van der Waals surface area contributed by atoms with Crippen LogP contribution in [-0.4, -0.2) is 22.7 Å². The maximum absolute atomic E-state index is 11.4. The van der Waals surface area contributed by atoms with E-state index in [9.17, 15) is 4.79 Å². The van der Waals surface area contributed by atoms with Gasteiger partial charge in [-0.2, -0.15) is 5.10 Å². The second-order valence-electron chi connectivity index (χ2n) is 3.96. The first kappa shape index (κ1) is 12.2. The third kappa shape index (κ3) is 2.68. The minimum Gasteiger partial charge on any atom is -0.379 e. The molecule has 0 spiro atoms. The average molecular weight is 244 g/mol. The minimum absolute atomic E-state index is 0.0758. The molecule has 0 aliphatic carbocycles. The number of nitrogens with one attached hydrogen (secondary N) is 2. The van der Waals surface area contributed by atoms with Crippen LogP contribution in [0.2, 0.25) is 0 Å². The third-order valence-corrected chi connectivity index (χ3v) is 2.77. The normalized spacial score (nSPS) is 10.1. The van der Waals surface area contributed by atoms with E-state index >= 15 is 0 Å². The number of hydrogen-bond acceptors (Lipinski definition) is 3. The second kappa shape index (κ2) is 5.35. The Balaban J connectivity index is 1.98. The van der Waals surface area contributed by atoms with Crippen LogP contribution in [0.4, 0.5) is 5.69 Å². The molecule has 0 saturated heterocycles. The average Bonchev–Trinajstić information content (AvgIpc) is 2.81. The molecule has 0 fully saturated rings. The van der Waals surface area contributed by atoms with Crippen molar-refractivity contribution in [1.82, 2.24) is 15.1 Å². The van der Waals surface area contributed by atoms with Crippen molar-refractivity contribution >= 4 is 11.6 Å². The maximum atomic E-state index is 11.4. The van der Waals surface area contributed by atoms with Gasteiger partial charge in [0, 0.05) is 31.5 Å². The zero-order valence-electron chi connectivity index (χ0n) is 10.5. The summed E-state index contributed by atoms with van der Waals surface area (Å²) in [5.74, 6) is -0.0758. The molecule has 5 nitrogen and oxygen atoms in total. The zero-order valence-corrected chi connectivity index (χ0v) is 10.5. The Hall–Kier alpha value is -2.30. The van der Waals surface area contributed by atoms with Gasteiger partial charge in [0.15, 0.2) is 0 Å². The molecule has 0 saturated carbocycles. The van der Waals surface area contributed by atoms with Crippen molar-refractivity contribution in [2.45, 2.75) is 6.54 Å². The molecular formula is C13H16N4O. The highest BCUT2D eigenvalue weighted by Crippen LogP contribution is 2.11. The number of carbonyl (C=O) groups is 1. The fourth-order valence-corrected chi connectivity index (χ4v) is 1.65. The summed E-state index contributed by atoms with van der Waals surface area (Å²) in [6.45, 7) is 0.704. The molecule has 0 atom stereocenters. The number of amides is 1. The fraction of sp³-hybridized carbons (Fsp3) is 0.231. The van der Waals surface area contributed by atoms with Crippen LogP contribution in [0.1, 0.15) is 16.1 Å². The molecular weight excluding hydrogens is 228 g/mol. The topological polar surface area (TPSA) is 59.0 Å². The van der Waals surface area contributed by atoms with E-state index in [4.69, 9.17) is 0 Å². The predicted molar refractivity (Wildman–Crippen MR) is 70.4 cm³/mol. The number of nitrogens with zero attached hydrogens (tertiary/aromatic N) is 2. The van der Waals surface area contributed by atoms with Crippen molar-refractivity contribution in [3.05, 3.63) is 47.8 Å². The number of rotatable bonds is 4. The van der Waals surface area contributed by atoms with E-state index in [0.717, 1.165) is 11.4 Å². The quantitative estimate of drug-likeness (QED) is 0.854. The summed E-state index contributed by atoms with van der Waals surface area (Å²) < 4.78 is 1.83. The van der Waals surface area contributed by atoms with E-state index < -0.39 is 0 Å². The van der Waals surface area contributed by atoms with Gasteiger partial charge in [0.05, 0.1) is 12.2 Å². The maximum Gasteiger partial charge on any atom is 0.251 e. The van der Waals surface area contributed by atoms with Crippen LogP contribution in [-0.2, 0) is 13.6 Å². The smallest absolute Gasteiger partial charge is 0.251 e. The number of carbonyl (C=O) groups excluding carboxylic acids is 1. The summed E-state index contributed by atoms with van der Waals surface area (Å²) in [6, 6.07) is 9.34. The minimum atomic E-state index is -0.0758. The van der Waals surface area contributed by atoms with E-state index in [2.05, 4.69) is 15.7 Å². The molecule has 1 heterocycles. The Morgan fingerprint density at radius 3 is 2.56 bits per heavy atom. The van der Waals surface area contributed by atoms with Gasteiger partial charge in [-0.25, -0.2) is 0 Å². The SMILES string of the molecule is CNC(=O)c1ccc(NCc2ccnn2C)cc1. The molecule has 1 aromatic heterocycles. The molecule has 94 valence electrons. The lowest BCUT2D eigenvalue weighted by Crippen LogP contribution is -2.17. The molecule has 1 amide bonds. The van der Waals surface area contributed by atoms with Gasteiger partial charge in [-0.15, -0.1) is 0 Å². The van der Waals surface area contributed by atoms with Crippen molar-refractivity contribution in [1.29, 1.82) is 0 Å². The fourth-order valence-electron chi connectivity index (χ4n) is 1.65. The van der Waals surface area contributed by atoms with Gasteiger partial charge in [0.2, 0.25) is 0 Å². The molecule has 0 aliphatic rings. The van der Waals surface area contributed by atoms with Crippen LogP contribution >= 0.6 is 0 Å². The Morgan fingerprint density at radius 2 is 2.00 bits per heavy atom. The van der Waals surface area contributed by atoms with E-state index in [0.29, 0.717) is 12.1 Å². The van der Waals surface area contributed by atoms with Crippen molar-refractivity contribution in [3.8, 4) is 0 Å². The van der Waals surface area contributed by atoms with Gasteiger partial charge in [0.1, 0.15) is 0 Å². The summed E-state index contributed by atoms with van der Waals surface area (Å²) in [6.07, 6.45) is 1.77. The molecule has 2 aromatic rings. The van der Waals surface area contributed by atoms with E-state index in [1.807, 2.05) is 29.9 Å². The Morgan fingerprint density at radius 1 is 1.28 bits per heavy atom. The number of aryl methyl sites for hydroxylation is 1. The standard InChI is InChI=1S/C13H16N4O/c1-14-13(18)10-3-5-11(6-4-10)15-9-12-7-8-16-17(12)2/h3-8,15H,9H2,1-2H3,(H,14,18). The molecule has 2 N–H and O–H groups in total. The molecule has 1 aromatic carbocycles. The first-order valence-electron chi connectivity index (χ1n) is 5.73. The monoisotopic (exact) mass is 244 g/mol. The largest absolute Gasteiger partial charge is 0.379 e. The van der Waals surface area contributed by atoms with Crippen LogP contribution in [0, 0.1) is 0 Å². The lowest BCUT2D eigenvalue weighted by molar-refractivity contribution is 0.0963. The number of aromatic nitrogens is 2. The highest BCUT2D eigenvalue weighted by Gasteiger charge is 2.02. The van der Waals surface area contributed by atoms with Crippen LogP contribution < -0.4 is 10.6 Å². The number of benzene rings is 1. The summed E-state index contributed by atoms with van der Waals surface area (Å²) in [7, 11) is 3.53. The van der Waals surface area contributed by atoms with Crippen molar-refractivity contribution in [2.24, 2.45) is 7.05 Å². The van der Waals surface area contributed by atoms with Crippen LogP contribution in [0.15, 0.2) is 36.5 Å². The molecule has 0 bridgehead atoms. The Bertz CT molecular complexity index is 530. The van der Waals surface area contributed by atoms with Crippen LogP contribution in [0.3, 0.4) is 0 Å². The second-order valence-corrected chi connectivity index (χ2v) is 3.96. The van der Waals surface area contributed by atoms with E-state index in [-0.39, 0.29) is 5.91 Å². The number of hydrogen-bond donors (Lipinski definition) is 2.